The minimum atomic E-state index is -4.32. The van der Waals surface area contributed by atoms with E-state index in [9.17, 15) is 17.8 Å². The molecule has 0 saturated carbocycles. The van der Waals surface area contributed by atoms with E-state index >= 15 is 0 Å². The van der Waals surface area contributed by atoms with Gasteiger partial charge in [-0.1, -0.05) is 90.8 Å². The summed E-state index contributed by atoms with van der Waals surface area (Å²) in [5.74, 6) is 0.676. The smallest absolute Gasteiger partial charge is 0.303 e. The van der Waals surface area contributed by atoms with Crippen molar-refractivity contribution in [2.45, 2.75) is 92.4 Å². The highest BCUT2D eigenvalue weighted by atomic mass is 127. The molecule has 2 aliphatic heterocycles. The molecule has 3 rings (SSSR count). The van der Waals surface area contributed by atoms with E-state index in [4.69, 9.17) is 9.84 Å². The third-order valence-electron chi connectivity index (χ3n) is 8.32. The van der Waals surface area contributed by atoms with E-state index < -0.39 is 21.8 Å². The second kappa shape index (κ2) is 16.1. The number of aliphatic carboxylic acids is 1. The number of hydrogen-bond donors (Lipinski definition) is 1. The molecule has 1 aromatic rings. The molecule has 47 heavy (non-hydrogen) atoms. The van der Waals surface area contributed by atoms with Gasteiger partial charge in [-0.15, -0.1) is 0 Å². The molecule has 0 aliphatic carbocycles. The molecule has 1 atom stereocenters. The van der Waals surface area contributed by atoms with Gasteiger partial charge in [0, 0.05) is 50.7 Å². The Kier molecular flexibility index (Phi) is 13.2. The van der Waals surface area contributed by atoms with Crippen LogP contribution in [0.3, 0.4) is 0 Å². The standard InChI is InChI=1S/C38H50INO6S/c1-36(2,3)33-25-28(26-34(46-33)37(4,5)6)17-12-9-8-10-13-18-32-38(7,22-15-11-14-19-35(41)42)30-27-29(39)20-21-31(30)40(32)23-16-24-47(43,44)45/h8-10,12-13,17-18,20-21,25-27H,11,14-16,19,22-24H2,1-7H3,(H-,41,42,43,44,45)/b10-8+,12-9+,18-13+. The molecule has 0 bridgehead atoms. The summed E-state index contributed by atoms with van der Waals surface area (Å²) in [4.78, 5) is 11.0. The lowest BCUT2D eigenvalue weighted by atomic mass is 9.75. The van der Waals surface area contributed by atoms with Crippen LogP contribution in [0, 0.1) is 14.4 Å². The highest BCUT2D eigenvalue weighted by molar-refractivity contribution is 14.1. The molecule has 9 heteroatoms. The average Bonchev–Trinajstić information content (AvgIpc) is 3.17. The number of unbranched alkanes of at least 4 members (excludes halogenated alkanes) is 2. The van der Waals surface area contributed by atoms with Crippen molar-refractivity contribution >= 4 is 50.1 Å². The number of carboxylic acids is 1. The summed E-state index contributed by atoms with van der Waals surface area (Å²) in [5.41, 5.74) is 3.70. The molecule has 2 heterocycles. The van der Waals surface area contributed by atoms with E-state index in [0.717, 1.165) is 56.9 Å². The van der Waals surface area contributed by atoms with Crippen molar-refractivity contribution in [1.29, 1.82) is 0 Å². The number of benzene rings is 1. The molecule has 1 unspecified atom stereocenters. The van der Waals surface area contributed by atoms with Gasteiger partial charge in [-0.2, -0.15) is 4.58 Å². The fourth-order valence-electron chi connectivity index (χ4n) is 5.72. The van der Waals surface area contributed by atoms with Crippen molar-refractivity contribution in [3.05, 3.63) is 99.1 Å². The van der Waals surface area contributed by atoms with Crippen LogP contribution in [-0.2, 0) is 25.1 Å². The highest BCUT2D eigenvalue weighted by Gasteiger charge is 2.47. The Hall–Kier alpha value is -2.76. The molecule has 0 amide bonds. The largest absolute Gasteiger partial charge is 0.748 e. The van der Waals surface area contributed by atoms with Gasteiger partial charge < -0.3 is 14.4 Å². The molecule has 7 nitrogen and oxygen atoms in total. The van der Waals surface area contributed by atoms with E-state index in [1.165, 1.54) is 0 Å². The summed E-state index contributed by atoms with van der Waals surface area (Å²) in [7, 11) is -4.32. The summed E-state index contributed by atoms with van der Waals surface area (Å²) in [6.45, 7) is 15.5. The Bertz CT molecular complexity index is 1610. The Morgan fingerprint density at radius 3 is 2.17 bits per heavy atom. The number of hydrogen-bond acceptors (Lipinski definition) is 5. The second-order valence-corrected chi connectivity index (χ2v) is 17.3. The Morgan fingerprint density at radius 1 is 0.957 bits per heavy atom. The number of carboxylic acid groups (broad SMARTS) is 1. The molecule has 1 aromatic carbocycles. The normalized spacial score (nSPS) is 19.0. The van der Waals surface area contributed by atoms with Gasteiger partial charge in [0.2, 0.25) is 5.69 Å². The summed E-state index contributed by atoms with van der Waals surface area (Å²) in [6.07, 6.45) is 21.7. The maximum Gasteiger partial charge on any atom is 0.303 e. The average molecular weight is 776 g/mol. The van der Waals surface area contributed by atoms with Crippen LogP contribution < -0.4 is 0 Å². The van der Waals surface area contributed by atoms with Gasteiger partial charge in [0.05, 0.1) is 15.5 Å². The van der Waals surface area contributed by atoms with Crippen LogP contribution in [0.2, 0.25) is 0 Å². The first kappa shape index (κ1) is 38.7. The summed E-state index contributed by atoms with van der Waals surface area (Å²) in [6, 6.07) is 6.27. The lowest BCUT2D eigenvalue weighted by Crippen LogP contribution is -2.31. The van der Waals surface area contributed by atoms with Gasteiger partial charge in [0.1, 0.15) is 18.1 Å². The topological polar surface area (TPSA) is 107 Å². The lowest BCUT2D eigenvalue weighted by molar-refractivity contribution is -0.437. The van der Waals surface area contributed by atoms with Crippen LogP contribution >= 0.6 is 22.6 Å². The van der Waals surface area contributed by atoms with Crippen molar-refractivity contribution in [2.75, 3.05) is 12.3 Å². The zero-order chi connectivity index (χ0) is 35.0. The third kappa shape index (κ3) is 11.4. The monoisotopic (exact) mass is 775 g/mol. The highest BCUT2D eigenvalue weighted by Crippen LogP contribution is 2.44. The molecule has 256 valence electrons. The Morgan fingerprint density at radius 2 is 1.57 bits per heavy atom. The number of allylic oxidation sites excluding steroid dienone is 12. The van der Waals surface area contributed by atoms with Crippen LogP contribution in [0.5, 0.6) is 0 Å². The summed E-state index contributed by atoms with van der Waals surface area (Å²) >= 11 is 2.31. The zero-order valence-electron chi connectivity index (χ0n) is 28.8. The van der Waals surface area contributed by atoms with Crippen molar-refractivity contribution < 1.29 is 32.2 Å². The molecule has 0 aromatic heterocycles. The minimum Gasteiger partial charge on any atom is -0.748 e. The van der Waals surface area contributed by atoms with Gasteiger partial charge in [0.25, 0.3) is 0 Å². The van der Waals surface area contributed by atoms with Crippen molar-refractivity contribution in [1.82, 2.24) is 0 Å². The van der Waals surface area contributed by atoms with Crippen LogP contribution in [0.1, 0.15) is 92.6 Å². The fourth-order valence-corrected chi connectivity index (χ4v) is 6.70. The van der Waals surface area contributed by atoms with Crippen LogP contribution in [0.15, 0.2) is 90.0 Å². The van der Waals surface area contributed by atoms with Crippen molar-refractivity contribution in [3.63, 3.8) is 0 Å². The molecule has 0 radical (unpaired) electrons. The molecule has 1 N–H and O–H groups in total. The maximum absolute atomic E-state index is 11.4. The van der Waals surface area contributed by atoms with Crippen molar-refractivity contribution in [3.8, 4) is 0 Å². The molecular formula is C38H50INO6S. The van der Waals surface area contributed by atoms with E-state index in [1.807, 2.05) is 36.4 Å². The number of fused-ring (bicyclic) bond motifs is 1. The van der Waals surface area contributed by atoms with Crippen molar-refractivity contribution in [2.24, 2.45) is 10.8 Å². The van der Waals surface area contributed by atoms with E-state index in [0.29, 0.717) is 13.0 Å². The van der Waals surface area contributed by atoms with Gasteiger partial charge in [0.15, 0.2) is 5.71 Å². The van der Waals surface area contributed by atoms with E-state index in [2.05, 4.69) is 112 Å². The summed E-state index contributed by atoms with van der Waals surface area (Å²) < 4.78 is 43.7. The van der Waals surface area contributed by atoms with Crippen LogP contribution in [0.4, 0.5) is 5.69 Å². The summed E-state index contributed by atoms with van der Waals surface area (Å²) in [5, 5.41) is 9.06. The quantitative estimate of drug-likeness (QED) is 0.0665. The first-order valence-electron chi connectivity index (χ1n) is 16.3. The van der Waals surface area contributed by atoms with Gasteiger partial charge in [-0.05, 0) is 72.2 Å². The number of nitrogens with zero attached hydrogens (tertiary/aromatic N) is 1. The third-order valence-corrected chi connectivity index (χ3v) is 9.78. The van der Waals surface area contributed by atoms with E-state index in [-0.39, 0.29) is 29.1 Å². The fraction of sp³-hybridized carbons (Fsp3) is 0.474. The molecule has 0 spiro atoms. The number of halogens is 1. The Labute approximate surface area is 295 Å². The molecule has 0 saturated heterocycles. The van der Waals surface area contributed by atoms with Gasteiger partial charge >= 0.3 is 5.97 Å². The second-order valence-electron chi connectivity index (χ2n) is 14.5. The molecule has 0 fully saturated rings. The SMILES string of the molecule is CC(C)(C)C1=CC(=C/C=C/C=C/C=C/C2=[N+](CCCS(=O)(=O)[O-])c3ccc(I)cc3C2(C)CCCCCC(=O)O)C=C(C(C)(C)C)O1. The van der Waals surface area contributed by atoms with E-state index in [1.54, 1.807) is 0 Å². The van der Waals surface area contributed by atoms with Gasteiger partial charge in [-0.25, -0.2) is 8.42 Å². The minimum absolute atomic E-state index is 0.113. The van der Waals surface area contributed by atoms with Gasteiger partial charge in [-0.3, -0.25) is 4.79 Å². The zero-order valence-corrected chi connectivity index (χ0v) is 31.8. The predicted octanol–water partition coefficient (Wildman–Crippen LogP) is 9.10. The lowest BCUT2D eigenvalue weighted by Gasteiger charge is -2.32. The number of carbonyl (C=O) groups is 1. The molecule has 2 aliphatic rings. The van der Waals surface area contributed by atoms with Crippen LogP contribution in [-0.4, -0.2) is 46.6 Å². The predicted molar refractivity (Wildman–Crippen MR) is 198 cm³/mol. The number of ether oxygens (including phenoxy) is 1. The molecular weight excluding hydrogens is 725 g/mol. The first-order valence-corrected chi connectivity index (χ1v) is 18.9. The first-order chi connectivity index (χ1) is 21.8. The Balaban J connectivity index is 1.89. The maximum atomic E-state index is 11.4. The van der Waals surface area contributed by atoms with Crippen LogP contribution in [0.25, 0.3) is 0 Å². The number of rotatable bonds is 14.